The van der Waals surface area contributed by atoms with E-state index in [0.717, 1.165) is 16.9 Å². The van der Waals surface area contributed by atoms with Crippen LogP contribution in [-0.4, -0.2) is 18.8 Å². The maximum Gasteiger partial charge on any atom is 0.123 e. The van der Waals surface area contributed by atoms with Gasteiger partial charge in [0.15, 0.2) is 0 Å². The highest BCUT2D eigenvalue weighted by atomic mass is 19.1. The third-order valence-electron chi connectivity index (χ3n) is 3.66. The SMILES string of the molecule is COc1ccccc1CC(C)(CO)c1ccc(F)cc1. The number of halogens is 1. The maximum absolute atomic E-state index is 13.0. The van der Waals surface area contributed by atoms with E-state index >= 15 is 0 Å². The van der Waals surface area contributed by atoms with Gasteiger partial charge in [0.1, 0.15) is 11.6 Å². The summed E-state index contributed by atoms with van der Waals surface area (Å²) in [4.78, 5) is 0. The molecule has 0 bridgehead atoms. The molecule has 1 atom stereocenters. The fraction of sp³-hybridized carbons (Fsp3) is 0.294. The summed E-state index contributed by atoms with van der Waals surface area (Å²) in [5.41, 5.74) is 1.46. The first-order chi connectivity index (χ1) is 9.59. The van der Waals surface area contributed by atoms with E-state index in [1.807, 2.05) is 31.2 Å². The number of ether oxygens (including phenoxy) is 1. The molecule has 2 aromatic rings. The van der Waals surface area contributed by atoms with Crippen molar-refractivity contribution in [3.05, 3.63) is 65.5 Å². The van der Waals surface area contributed by atoms with E-state index in [0.29, 0.717) is 6.42 Å². The number of hydrogen-bond acceptors (Lipinski definition) is 2. The molecule has 0 saturated carbocycles. The summed E-state index contributed by atoms with van der Waals surface area (Å²) in [6.45, 7) is 1.95. The van der Waals surface area contributed by atoms with Crippen LogP contribution in [0.2, 0.25) is 0 Å². The van der Waals surface area contributed by atoms with Crippen LogP contribution >= 0.6 is 0 Å². The zero-order valence-corrected chi connectivity index (χ0v) is 11.8. The van der Waals surface area contributed by atoms with E-state index in [1.54, 1.807) is 19.2 Å². The predicted molar refractivity (Wildman–Crippen MR) is 77.5 cm³/mol. The first-order valence-electron chi connectivity index (χ1n) is 6.58. The molecule has 0 heterocycles. The number of rotatable bonds is 5. The van der Waals surface area contributed by atoms with Gasteiger partial charge in [-0.15, -0.1) is 0 Å². The number of methoxy groups -OCH3 is 1. The van der Waals surface area contributed by atoms with E-state index in [2.05, 4.69) is 0 Å². The molecule has 0 fully saturated rings. The van der Waals surface area contributed by atoms with Gasteiger partial charge < -0.3 is 9.84 Å². The Morgan fingerprint density at radius 2 is 1.75 bits per heavy atom. The topological polar surface area (TPSA) is 29.5 Å². The molecular formula is C17H19FO2. The standard InChI is InChI=1S/C17H19FO2/c1-17(12-19,14-7-9-15(18)10-8-14)11-13-5-3-4-6-16(13)20-2/h3-10,19H,11-12H2,1-2H3. The lowest BCUT2D eigenvalue weighted by atomic mass is 9.78. The van der Waals surface area contributed by atoms with Gasteiger partial charge in [-0.1, -0.05) is 37.3 Å². The molecule has 1 N–H and O–H groups in total. The van der Waals surface area contributed by atoms with E-state index < -0.39 is 5.41 Å². The van der Waals surface area contributed by atoms with Gasteiger partial charge in [0, 0.05) is 5.41 Å². The quantitative estimate of drug-likeness (QED) is 0.906. The number of hydrogen-bond donors (Lipinski definition) is 1. The molecule has 1 unspecified atom stereocenters. The molecule has 2 aromatic carbocycles. The van der Waals surface area contributed by atoms with Crippen molar-refractivity contribution in [1.82, 2.24) is 0 Å². The smallest absolute Gasteiger partial charge is 0.123 e. The monoisotopic (exact) mass is 274 g/mol. The Hall–Kier alpha value is -1.87. The lowest BCUT2D eigenvalue weighted by molar-refractivity contribution is 0.203. The molecule has 0 aliphatic rings. The molecule has 106 valence electrons. The Bertz CT molecular complexity index is 565. The first-order valence-corrected chi connectivity index (χ1v) is 6.58. The zero-order chi connectivity index (χ0) is 14.6. The molecule has 0 aliphatic heterocycles. The molecule has 3 heteroatoms. The summed E-state index contributed by atoms with van der Waals surface area (Å²) in [5, 5.41) is 9.80. The van der Waals surface area contributed by atoms with Gasteiger partial charge in [0.2, 0.25) is 0 Å². The van der Waals surface area contributed by atoms with Gasteiger partial charge in [-0.3, -0.25) is 0 Å². The first kappa shape index (κ1) is 14.5. The highest BCUT2D eigenvalue weighted by molar-refractivity contribution is 5.37. The second-order valence-corrected chi connectivity index (χ2v) is 5.21. The minimum absolute atomic E-state index is 0.0172. The maximum atomic E-state index is 13.0. The van der Waals surface area contributed by atoms with Crippen molar-refractivity contribution in [2.45, 2.75) is 18.8 Å². The molecule has 0 aromatic heterocycles. The van der Waals surface area contributed by atoms with Gasteiger partial charge in [-0.2, -0.15) is 0 Å². The largest absolute Gasteiger partial charge is 0.496 e. The summed E-state index contributed by atoms with van der Waals surface area (Å²) in [7, 11) is 1.63. The van der Waals surface area contributed by atoms with E-state index in [9.17, 15) is 9.50 Å². The van der Waals surface area contributed by atoms with Gasteiger partial charge in [0.05, 0.1) is 13.7 Å². The third kappa shape index (κ3) is 2.99. The average molecular weight is 274 g/mol. The van der Waals surface area contributed by atoms with Crippen LogP contribution in [0.4, 0.5) is 4.39 Å². The van der Waals surface area contributed by atoms with E-state index in [-0.39, 0.29) is 12.4 Å². The van der Waals surface area contributed by atoms with Crippen LogP contribution in [0.3, 0.4) is 0 Å². The summed E-state index contributed by atoms with van der Waals surface area (Å²) in [5.74, 6) is 0.528. The summed E-state index contributed by atoms with van der Waals surface area (Å²) in [6, 6.07) is 14.0. The van der Waals surface area contributed by atoms with Gasteiger partial charge >= 0.3 is 0 Å². The minimum Gasteiger partial charge on any atom is -0.496 e. The molecule has 20 heavy (non-hydrogen) atoms. The summed E-state index contributed by atoms with van der Waals surface area (Å²) in [6.07, 6.45) is 0.624. The van der Waals surface area contributed by atoms with Crippen molar-refractivity contribution < 1.29 is 14.2 Å². The summed E-state index contributed by atoms with van der Waals surface area (Å²) >= 11 is 0. The Kier molecular flexibility index (Phi) is 4.40. The normalized spacial score (nSPS) is 13.8. The lowest BCUT2D eigenvalue weighted by Gasteiger charge is -2.28. The molecular weight excluding hydrogens is 255 g/mol. The van der Waals surface area contributed by atoms with Crippen molar-refractivity contribution in [3.8, 4) is 5.75 Å². The van der Waals surface area contributed by atoms with Crippen LogP contribution < -0.4 is 4.74 Å². The third-order valence-corrected chi connectivity index (χ3v) is 3.66. The van der Waals surface area contributed by atoms with Gasteiger partial charge in [-0.25, -0.2) is 4.39 Å². The molecule has 0 aliphatic carbocycles. The van der Waals surface area contributed by atoms with Gasteiger partial charge in [-0.05, 0) is 35.7 Å². The van der Waals surface area contributed by atoms with Crippen LogP contribution in [0, 0.1) is 5.82 Å². The van der Waals surface area contributed by atoms with Crippen molar-refractivity contribution in [3.63, 3.8) is 0 Å². The van der Waals surface area contributed by atoms with Crippen LogP contribution in [0.15, 0.2) is 48.5 Å². The van der Waals surface area contributed by atoms with E-state index in [1.165, 1.54) is 12.1 Å². The number of aliphatic hydroxyl groups is 1. The fourth-order valence-corrected chi connectivity index (χ4v) is 2.37. The molecule has 0 amide bonds. The second-order valence-electron chi connectivity index (χ2n) is 5.21. The highest BCUT2D eigenvalue weighted by Crippen LogP contribution is 2.31. The van der Waals surface area contributed by atoms with Crippen LogP contribution in [-0.2, 0) is 11.8 Å². The molecule has 2 rings (SSSR count). The number of aliphatic hydroxyl groups excluding tert-OH is 1. The summed E-state index contributed by atoms with van der Waals surface area (Å²) < 4.78 is 18.4. The average Bonchev–Trinajstić information content (AvgIpc) is 2.48. The fourth-order valence-electron chi connectivity index (χ4n) is 2.37. The number of para-hydroxylation sites is 1. The Labute approximate surface area is 118 Å². The minimum atomic E-state index is -0.470. The van der Waals surface area contributed by atoms with Crippen LogP contribution in [0.1, 0.15) is 18.1 Å². The van der Waals surface area contributed by atoms with Crippen LogP contribution in [0.25, 0.3) is 0 Å². The van der Waals surface area contributed by atoms with E-state index in [4.69, 9.17) is 4.74 Å². The second kappa shape index (κ2) is 6.06. The molecule has 0 saturated heterocycles. The lowest BCUT2D eigenvalue weighted by Crippen LogP contribution is -2.29. The predicted octanol–water partition coefficient (Wildman–Crippen LogP) is 3.33. The van der Waals surface area contributed by atoms with Crippen molar-refractivity contribution in [2.75, 3.05) is 13.7 Å². The Morgan fingerprint density at radius 3 is 2.35 bits per heavy atom. The van der Waals surface area contributed by atoms with Crippen molar-refractivity contribution >= 4 is 0 Å². The van der Waals surface area contributed by atoms with Gasteiger partial charge in [0.25, 0.3) is 0 Å². The zero-order valence-electron chi connectivity index (χ0n) is 11.8. The van der Waals surface area contributed by atoms with Crippen molar-refractivity contribution in [1.29, 1.82) is 0 Å². The molecule has 2 nitrogen and oxygen atoms in total. The number of benzene rings is 2. The van der Waals surface area contributed by atoms with Crippen LogP contribution in [0.5, 0.6) is 5.75 Å². The Morgan fingerprint density at radius 1 is 1.10 bits per heavy atom. The van der Waals surface area contributed by atoms with Crippen molar-refractivity contribution in [2.24, 2.45) is 0 Å². The molecule has 0 radical (unpaired) electrons. The molecule has 0 spiro atoms. The Balaban J connectivity index is 2.34. The highest BCUT2D eigenvalue weighted by Gasteiger charge is 2.27.